The second-order valence-corrected chi connectivity index (χ2v) is 6.74. The van der Waals surface area contributed by atoms with Crippen LogP contribution in [0.1, 0.15) is 24.8 Å². The minimum Gasteiger partial charge on any atom is -0.465 e. The molecule has 1 aliphatic heterocycles. The van der Waals surface area contributed by atoms with Crippen LogP contribution in [0, 0.1) is 6.92 Å². The molecule has 1 saturated heterocycles. The molecule has 1 atom stereocenters. The molecular weight excluding hydrogens is 326 g/mol. The van der Waals surface area contributed by atoms with E-state index in [9.17, 15) is 14.7 Å². The molecule has 0 unspecified atom stereocenters. The van der Waals surface area contributed by atoms with Gasteiger partial charge in [0.2, 0.25) is 5.91 Å². The SMILES string of the molecule is Cc1ccc(-c2csc(NC(=O)[C@@H]3CCCCN3C(=O)O)n2)cc1. The molecule has 0 saturated carbocycles. The molecule has 0 bridgehead atoms. The number of piperidine rings is 1. The Morgan fingerprint density at radius 1 is 1.29 bits per heavy atom. The largest absolute Gasteiger partial charge is 0.465 e. The Balaban J connectivity index is 1.70. The Labute approximate surface area is 144 Å². The first kappa shape index (κ1) is 16.4. The zero-order valence-electron chi connectivity index (χ0n) is 13.4. The van der Waals surface area contributed by atoms with E-state index >= 15 is 0 Å². The summed E-state index contributed by atoms with van der Waals surface area (Å²) in [6.07, 6.45) is 1.16. The summed E-state index contributed by atoms with van der Waals surface area (Å²) in [4.78, 5) is 29.3. The van der Waals surface area contributed by atoms with E-state index in [1.165, 1.54) is 21.8 Å². The van der Waals surface area contributed by atoms with Crippen molar-refractivity contribution >= 4 is 28.5 Å². The maximum absolute atomic E-state index is 12.4. The molecule has 1 aromatic carbocycles. The highest BCUT2D eigenvalue weighted by molar-refractivity contribution is 7.14. The number of hydrogen-bond acceptors (Lipinski definition) is 4. The summed E-state index contributed by atoms with van der Waals surface area (Å²) >= 11 is 1.34. The number of thiazole rings is 1. The topological polar surface area (TPSA) is 82.5 Å². The fraction of sp³-hybridized carbons (Fsp3) is 0.353. The van der Waals surface area contributed by atoms with Crippen LogP contribution in [0.5, 0.6) is 0 Å². The van der Waals surface area contributed by atoms with Crippen LogP contribution in [-0.4, -0.2) is 39.6 Å². The molecule has 1 fully saturated rings. The number of nitrogens with one attached hydrogen (secondary N) is 1. The van der Waals surface area contributed by atoms with E-state index in [1.807, 2.05) is 36.6 Å². The quantitative estimate of drug-likeness (QED) is 0.890. The van der Waals surface area contributed by atoms with Gasteiger partial charge in [0.25, 0.3) is 0 Å². The second-order valence-electron chi connectivity index (χ2n) is 5.88. The van der Waals surface area contributed by atoms with Gasteiger partial charge in [0.15, 0.2) is 5.13 Å². The molecule has 24 heavy (non-hydrogen) atoms. The van der Waals surface area contributed by atoms with Crippen molar-refractivity contribution in [2.24, 2.45) is 0 Å². The maximum atomic E-state index is 12.4. The Bertz CT molecular complexity index is 742. The van der Waals surface area contributed by atoms with Crippen molar-refractivity contribution in [2.75, 3.05) is 11.9 Å². The van der Waals surface area contributed by atoms with Crippen molar-refractivity contribution in [3.8, 4) is 11.3 Å². The molecule has 2 aromatic rings. The van der Waals surface area contributed by atoms with Gasteiger partial charge in [-0.05, 0) is 26.2 Å². The number of carbonyl (C=O) groups excluding carboxylic acids is 1. The van der Waals surface area contributed by atoms with E-state index in [1.54, 1.807) is 0 Å². The van der Waals surface area contributed by atoms with Gasteiger partial charge in [0.05, 0.1) is 5.69 Å². The Morgan fingerprint density at radius 3 is 2.75 bits per heavy atom. The van der Waals surface area contributed by atoms with Gasteiger partial charge in [-0.15, -0.1) is 11.3 Å². The van der Waals surface area contributed by atoms with E-state index in [0.29, 0.717) is 18.1 Å². The predicted molar refractivity (Wildman–Crippen MR) is 93.3 cm³/mol. The van der Waals surface area contributed by atoms with Gasteiger partial charge in [-0.1, -0.05) is 29.8 Å². The highest BCUT2D eigenvalue weighted by Gasteiger charge is 2.32. The minimum absolute atomic E-state index is 0.304. The highest BCUT2D eigenvalue weighted by atomic mass is 32.1. The van der Waals surface area contributed by atoms with E-state index in [0.717, 1.165) is 24.1 Å². The normalized spacial score (nSPS) is 17.5. The standard InChI is InChI=1S/C17H19N3O3S/c1-11-5-7-12(8-6-11)13-10-24-16(18-13)19-15(21)14-4-2-3-9-20(14)17(22)23/h5-8,10,14H,2-4,9H2,1H3,(H,22,23)(H,18,19,21)/t14-/m0/s1. The summed E-state index contributed by atoms with van der Waals surface area (Å²) in [5.74, 6) is -0.304. The molecule has 1 aromatic heterocycles. The first-order valence-electron chi connectivity index (χ1n) is 7.87. The lowest BCUT2D eigenvalue weighted by Gasteiger charge is -2.32. The van der Waals surface area contributed by atoms with E-state index in [2.05, 4.69) is 10.3 Å². The number of aromatic nitrogens is 1. The van der Waals surface area contributed by atoms with Gasteiger partial charge in [-0.25, -0.2) is 9.78 Å². The summed E-state index contributed by atoms with van der Waals surface area (Å²) in [7, 11) is 0. The van der Waals surface area contributed by atoms with Crippen LogP contribution in [0.2, 0.25) is 0 Å². The number of aryl methyl sites for hydroxylation is 1. The maximum Gasteiger partial charge on any atom is 0.407 e. The monoisotopic (exact) mass is 345 g/mol. The number of amides is 2. The van der Waals surface area contributed by atoms with Crippen molar-refractivity contribution in [3.05, 3.63) is 35.2 Å². The third-order valence-electron chi connectivity index (χ3n) is 4.13. The number of benzene rings is 1. The Kier molecular flexibility index (Phi) is 4.80. The van der Waals surface area contributed by atoms with Crippen molar-refractivity contribution < 1.29 is 14.7 Å². The molecule has 2 heterocycles. The summed E-state index contributed by atoms with van der Waals surface area (Å²) in [6, 6.07) is 7.37. The van der Waals surface area contributed by atoms with Gasteiger partial charge in [0.1, 0.15) is 6.04 Å². The molecule has 2 N–H and O–H groups in total. The fourth-order valence-corrected chi connectivity index (χ4v) is 3.53. The molecule has 3 rings (SSSR count). The Hall–Kier alpha value is -2.41. The Morgan fingerprint density at radius 2 is 2.04 bits per heavy atom. The van der Waals surface area contributed by atoms with Gasteiger partial charge >= 0.3 is 6.09 Å². The zero-order valence-corrected chi connectivity index (χ0v) is 14.2. The van der Waals surface area contributed by atoms with Crippen LogP contribution in [-0.2, 0) is 4.79 Å². The van der Waals surface area contributed by atoms with Gasteiger partial charge < -0.3 is 10.4 Å². The zero-order chi connectivity index (χ0) is 17.1. The molecule has 1 aliphatic rings. The van der Waals surface area contributed by atoms with Gasteiger partial charge in [0, 0.05) is 17.5 Å². The molecule has 6 nitrogen and oxygen atoms in total. The van der Waals surface area contributed by atoms with Crippen LogP contribution in [0.25, 0.3) is 11.3 Å². The molecule has 126 valence electrons. The second kappa shape index (κ2) is 7.00. The lowest BCUT2D eigenvalue weighted by molar-refractivity contribution is -0.121. The first-order chi connectivity index (χ1) is 11.5. The van der Waals surface area contributed by atoms with Crippen molar-refractivity contribution in [2.45, 2.75) is 32.2 Å². The van der Waals surface area contributed by atoms with E-state index in [-0.39, 0.29) is 5.91 Å². The lowest BCUT2D eigenvalue weighted by Crippen LogP contribution is -2.49. The molecule has 0 radical (unpaired) electrons. The third-order valence-corrected chi connectivity index (χ3v) is 4.89. The van der Waals surface area contributed by atoms with Crippen molar-refractivity contribution in [1.82, 2.24) is 9.88 Å². The summed E-state index contributed by atoms with van der Waals surface area (Å²) in [6.45, 7) is 2.43. The minimum atomic E-state index is -1.05. The van der Waals surface area contributed by atoms with Crippen molar-refractivity contribution in [1.29, 1.82) is 0 Å². The van der Waals surface area contributed by atoms with E-state index < -0.39 is 12.1 Å². The number of anilines is 1. The number of hydrogen-bond donors (Lipinski definition) is 2. The molecule has 0 aliphatic carbocycles. The third kappa shape index (κ3) is 3.56. The van der Waals surface area contributed by atoms with Crippen LogP contribution in [0.15, 0.2) is 29.6 Å². The van der Waals surface area contributed by atoms with E-state index in [4.69, 9.17) is 0 Å². The number of rotatable bonds is 3. The molecular formula is C17H19N3O3S. The highest BCUT2D eigenvalue weighted by Crippen LogP contribution is 2.26. The molecule has 0 spiro atoms. The predicted octanol–water partition coefficient (Wildman–Crippen LogP) is 3.59. The van der Waals surface area contributed by atoms with Crippen LogP contribution in [0.4, 0.5) is 9.93 Å². The number of likely N-dealkylation sites (tertiary alicyclic amines) is 1. The summed E-state index contributed by atoms with van der Waals surface area (Å²) in [5, 5.41) is 14.4. The van der Waals surface area contributed by atoms with Crippen molar-refractivity contribution in [3.63, 3.8) is 0 Å². The molecule has 2 amide bonds. The fourth-order valence-electron chi connectivity index (χ4n) is 2.81. The lowest BCUT2D eigenvalue weighted by atomic mass is 10.0. The van der Waals surface area contributed by atoms with Gasteiger partial charge in [-0.2, -0.15) is 0 Å². The van der Waals surface area contributed by atoms with Crippen LogP contribution >= 0.6 is 11.3 Å². The van der Waals surface area contributed by atoms with Crippen LogP contribution in [0.3, 0.4) is 0 Å². The molecule has 7 heteroatoms. The van der Waals surface area contributed by atoms with Crippen LogP contribution < -0.4 is 5.32 Å². The average Bonchev–Trinajstić information content (AvgIpc) is 3.04. The number of nitrogens with zero attached hydrogens (tertiary/aromatic N) is 2. The number of carbonyl (C=O) groups is 2. The van der Waals surface area contributed by atoms with Gasteiger partial charge in [-0.3, -0.25) is 9.69 Å². The average molecular weight is 345 g/mol. The number of carboxylic acid groups (broad SMARTS) is 1. The summed E-state index contributed by atoms with van der Waals surface area (Å²) < 4.78 is 0. The summed E-state index contributed by atoms with van der Waals surface area (Å²) in [5.41, 5.74) is 2.96. The smallest absolute Gasteiger partial charge is 0.407 e. The first-order valence-corrected chi connectivity index (χ1v) is 8.75.